The van der Waals surface area contributed by atoms with E-state index in [1.54, 1.807) is 46.7 Å². The molecule has 0 aliphatic heterocycles. The first-order valence-electron chi connectivity index (χ1n) is 10.1. The molecule has 0 fully saturated rings. The van der Waals surface area contributed by atoms with Crippen LogP contribution in [-0.4, -0.2) is 75.3 Å². The lowest BCUT2D eigenvalue weighted by atomic mass is 10.2. The van der Waals surface area contributed by atoms with Crippen LogP contribution in [0.2, 0.25) is 0 Å². The molecule has 8 nitrogen and oxygen atoms in total. The first-order chi connectivity index (χ1) is 15.3. The molecule has 0 aliphatic carbocycles. The molecule has 3 rings (SSSR count). The quantitative estimate of drug-likeness (QED) is 0.343. The second kappa shape index (κ2) is 11.4. The van der Waals surface area contributed by atoms with Gasteiger partial charge in [0.25, 0.3) is 5.56 Å². The maximum atomic E-state index is 13.1. The van der Waals surface area contributed by atoms with E-state index in [1.807, 2.05) is 6.07 Å². The monoisotopic (exact) mass is 569 g/mol. The molecule has 1 heterocycles. The van der Waals surface area contributed by atoms with Crippen LogP contribution in [0.15, 0.2) is 50.1 Å². The molecule has 1 atom stereocenters. The Kier molecular flexibility index (Phi) is 8.80. The van der Waals surface area contributed by atoms with Crippen molar-refractivity contribution in [2.75, 3.05) is 39.5 Å². The van der Waals surface area contributed by atoms with E-state index < -0.39 is 6.10 Å². The molecule has 0 saturated carbocycles. The number of aliphatic hydroxyl groups excluding tert-OH is 3. The molecular formula is C22H25Br2N3O5. The third kappa shape index (κ3) is 5.94. The molecule has 0 aliphatic rings. The van der Waals surface area contributed by atoms with Crippen molar-refractivity contribution in [2.24, 2.45) is 0 Å². The molecule has 1 aromatic heterocycles. The summed E-state index contributed by atoms with van der Waals surface area (Å²) in [5.41, 5.74) is 1.09. The number of aryl methyl sites for hydroxylation is 1. The van der Waals surface area contributed by atoms with Gasteiger partial charge in [0.05, 0.1) is 29.8 Å². The van der Waals surface area contributed by atoms with Gasteiger partial charge in [0.2, 0.25) is 0 Å². The Labute approximate surface area is 202 Å². The molecular weight excluding hydrogens is 546 g/mol. The number of rotatable bonds is 10. The van der Waals surface area contributed by atoms with Gasteiger partial charge in [0.15, 0.2) is 0 Å². The largest absolute Gasteiger partial charge is 0.491 e. The van der Waals surface area contributed by atoms with Gasteiger partial charge in [0, 0.05) is 28.6 Å². The number of nitrogens with zero attached hydrogens (tertiary/aromatic N) is 3. The maximum absolute atomic E-state index is 13.1. The second-order valence-electron chi connectivity index (χ2n) is 7.29. The lowest BCUT2D eigenvalue weighted by molar-refractivity contribution is 0.0552. The highest BCUT2D eigenvalue weighted by molar-refractivity contribution is 9.11. The third-order valence-corrected chi connectivity index (χ3v) is 5.96. The van der Waals surface area contributed by atoms with Crippen molar-refractivity contribution >= 4 is 42.8 Å². The predicted octanol–water partition coefficient (Wildman–Crippen LogP) is 2.25. The molecule has 0 amide bonds. The summed E-state index contributed by atoms with van der Waals surface area (Å²) in [7, 11) is 0. The molecule has 3 aromatic rings. The first kappa shape index (κ1) is 24.8. The Bertz CT molecular complexity index is 1120. The first-order valence-corrected chi connectivity index (χ1v) is 11.7. The predicted molar refractivity (Wildman–Crippen MR) is 130 cm³/mol. The van der Waals surface area contributed by atoms with Gasteiger partial charge >= 0.3 is 0 Å². The van der Waals surface area contributed by atoms with Crippen LogP contribution in [0.5, 0.6) is 5.75 Å². The van der Waals surface area contributed by atoms with Gasteiger partial charge in [-0.25, -0.2) is 4.98 Å². The van der Waals surface area contributed by atoms with E-state index in [9.17, 15) is 9.90 Å². The fraction of sp³-hybridized carbons (Fsp3) is 0.364. The molecule has 2 aromatic carbocycles. The van der Waals surface area contributed by atoms with Crippen LogP contribution in [-0.2, 0) is 0 Å². The second-order valence-corrected chi connectivity index (χ2v) is 9.06. The molecule has 0 spiro atoms. The van der Waals surface area contributed by atoms with E-state index in [2.05, 4.69) is 36.8 Å². The van der Waals surface area contributed by atoms with Crippen molar-refractivity contribution in [3.63, 3.8) is 0 Å². The smallest absolute Gasteiger partial charge is 0.266 e. The van der Waals surface area contributed by atoms with Gasteiger partial charge in [-0.05, 0) is 59.3 Å². The number of benzene rings is 2. The van der Waals surface area contributed by atoms with Gasteiger partial charge in [0.1, 0.15) is 24.3 Å². The number of fused-ring (bicyclic) bond motifs is 1. The summed E-state index contributed by atoms with van der Waals surface area (Å²) in [4.78, 5) is 19.5. The highest BCUT2D eigenvalue weighted by Crippen LogP contribution is 2.26. The molecule has 0 bridgehead atoms. The average Bonchev–Trinajstić information content (AvgIpc) is 2.74. The molecule has 3 N–H and O–H groups in total. The Morgan fingerprint density at radius 1 is 1.12 bits per heavy atom. The van der Waals surface area contributed by atoms with Crippen LogP contribution in [0, 0.1) is 6.92 Å². The van der Waals surface area contributed by atoms with E-state index in [0.29, 0.717) is 41.3 Å². The minimum absolute atomic E-state index is 0.0502. The topological polar surface area (TPSA) is 108 Å². The summed E-state index contributed by atoms with van der Waals surface area (Å²) < 4.78 is 8.73. The van der Waals surface area contributed by atoms with Crippen molar-refractivity contribution in [3.8, 4) is 11.4 Å². The number of aliphatic hydroxyl groups is 3. The Hall–Kier alpha value is -1.82. The highest BCUT2D eigenvalue weighted by atomic mass is 79.9. The Morgan fingerprint density at radius 3 is 2.41 bits per heavy atom. The van der Waals surface area contributed by atoms with Crippen LogP contribution in [0.4, 0.5) is 0 Å². The van der Waals surface area contributed by atoms with Gasteiger partial charge in [-0.2, -0.15) is 0 Å². The van der Waals surface area contributed by atoms with Crippen molar-refractivity contribution in [2.45, 2.75) is 13.0 Å². The van der Waals surface area contributed by atoms with Crippen molar-refractivity contribution in [1.29, 1.82) is 0 Å². The SMILES string of the molecule is Cc1nc2c(Br)cc(Br)cc2c(=O)n1-c1ccc(OCC(O)CN(CCO)CCO)cc1. The molecule has 0 saturated heterocycles. The maximum Gasteiger partial charge on any atom is 0.266 e. The lowest BCUT2D eigenvalue weighted by Gasteiger charge is -2.23. The van der Waals surface area contributed by atoms with E-state index in [1.165, 1.54) is 0 Å². The van der Waals surface area contributed by atoms with Crippen LogP contribution < -0.4 is 10.3 Å². The number of halogens is 2. The zero-order valence-electron chi connectivity index (χ0n) is 17.5. The molecule has 32 heavy (non-hydrogen) atoms. The normalized spacial score (nSPS) is 12.5. The zero-order valence-corrected chi connectivity index (χ0v) is 20.7. The molecule has 1 unspecified atom stereocenters. The van der Waals surface area contributed by atoms with Gasteiger partial charge < -0.3 is 20.1 Å². The summed E-state index contributed by atoms with van der Waals surface area (Å²) in [5, 5.41) is 28.8. The summed E-state index contributed by atoms with van der Waals surface area (Å²) in [6.45, 7) is 2.75. The minimum Gasteiger partial charge on any atom is -0.491 e. The lowest BCUT2D eigenvalue weighted by Crippen LogP contribution is -2.38. The fourth-order valence-electron chi connectivity index (χ4n) is 3.44. The van der Waals surface area contributed by atoms with Crippen LogP contribution in [0.1, 0.15) is 5.82 Å². The van der Waals surface area contributed by atoms with Crippen molar-refractivity contribution in [1.82, 2.24) is 14.5 Å². The number of aromatic nitrogens is 2. The van der Waals surface area contributed by atoms with Crippen LogP contribution >= 0.6 is 31.9 Å². The van der Waals surface area contributed by atoms with E-state index in [4.69, 9.17) is 14.9 Å². The number of hydrogen-bond donors (Lipinski definition) is 3. The standard InChI is InChI=1S/C22H25Br2N3O5/c1-14-25-21-19(10-15(23)11-20(21)24)22(31)27(14)16-2-4-18(5-3-16)32-13-17(30)12-26(6-8-28)7-9-29/h2-5,10-11,17,28-30H,6-9,12-13H2,1H3. The highest BCUT2D eigenvalue weighted by Gasteiger charge is 2.14. The molecule has 10 heteroatoms. The summed E-state index contributed by atoms with van der Waals surface area (Å²) in [6.07, 6.45) is -0.778. The molecule has 172 valence electrons. The minimum atomic E-state index is -0.778. The number of ether oxygens (including phenoxy) is 1. The number of hydrogen-bond acceptors (Lipinski definition) is 7. The molecule has 0 radical (unpaired) electrons. The third-order valence-electron chi connectivity index (χ3n) is 4.90. The Balaban J connectivity index is 1.75. The Morgan fingerprint density at radius 2 is 1.78 bits per heavy atom. The van der Waals surface area contributed by atoms with E-state index >= 15 is 0 Å². The van der Waals surface area contributed by atoms with Crippen LogP contribution in [0.25, 0.3) is 16.6 Å². The summed E-state index contributed by atoms with van der Waals surface area (Å²) in [6, 6.07) is 10.6. The van der Waals surface area contributed by atoms with Gasteiger partial charge in [-0.3, -0.25) is 14.3 Å². The summed E-state index contributed by atoms with van der Waals surface area (Å²) in [5.74, 6) is 1.11. The van der Waals surface area contributed by atoms with Crippen LogP contribution in [0.3, 0.4) is 0 Å². The zero-order chi connectivity index (χ0) is 23.3. The van der Waals surface area contributed by atoms with Gasteiger partial charge in [-0.1, -0.05) is 15.9 Å². The fourth-order valence-corrected chi connectivity index (χ4v) is 4.75. The van der Waals surface area contributed by atoms with E-state index in [-0.39, 0.29) is 31.9 Å². The average molecular weight is 571 g/mol. The van der Waals surface area contributed by atoms with Crippen molar-refractivity contribution < 1.29 is 20.1 Å². The van der Waals surface area contributed by atoms with Crippen molar-refractivity contribution in [3.05, 3.63) is 61.5 Å². The van der Waals surface area contributed by atoms with Gasteiger partial charge in [-0.15, -0.1) is 0 Å². The summed E-state index contributed by atoms with van der Waals surface area (Å²) >= 11 is 6.88. The van der Waals surface area contributed by atoms with E-state index in [0.717, 1.165) is 8.95 Å².